The van der Waals surface area contributed by atoms with Crippen molar-refractivity contribution in [1.29, 1.82) is 0 Å². The van der Waals surface area contributed by atoms with Gasteiger partial charge in [0, 0.05) is 44.0 Å². The first kappa shape index (κ1) is 28.3. The van der Waals surface area contributed by atoms with Gasteiger partial charge in [0.1, 0.15) is 0 Å². The fourth-order valence-corrected chi connectivity index (χ4v) is 7.44. The average molecular weight is 639 g/mol. The number of hydrogen-bond acceptors (Lipinski definition) is 2. The molecule has 0 spiro atoms. The van der Waals surface area contributed by atoms with E-state index in [-0.39, 0.29) is 0 Å². The molecule has 10 rings (SSSR count). The molecule has 0 atom stereocenters. The van der Waals surface area contributed by atoms with Crippen LogP contribution in [0.3, 0.4) is 0 Å². The molecule has 0 aliphatic carbocycles. The van der Waals surface area contributed by atoms with Crippen LogP contribution < -0.4 is 0 Å². The lowest BCUT2D eigenvalue weighted by Gasteiger charge is -2.11. The molecule has 50 heavy (non-hydrogen) atoms. The van der Waals surface area contributed by atoms with Gasteiger partial charge in [0.05, 0.1) is 44.8 Å². The van der Waals surface area contributed by atoms with Gasteiger partial charge in [-0.1, -0.05) is 109 Å². The second-order valence-electron chi connectivity index (χ2n) is 12.6. The minimum absolute atomic E-state index is 0.845. The smallest absolute Gasteiger partial charge is 0.0893 e. The van der Waals surface area contributed by atoms with Gasteiger partial charge >= 0.3 is 0 Å². The average Bonchev–Trinajstić information content (AvgIpc) is 3.71. The molecule has 0 radical (unpaired) electrons. The second kappa shape index (κ2) is 11.4. The van der Waals surface area contributed by atoms with E-state index in [1.54, 1.807) is 0 Å². The molecule has 6 aromatic carbocycles. The van der Waals surface area contributed by atoms with Crippen LogP contribution in [0.15, 0.2) is 182 Å². The molecule has 0 aliphatic rings. The predicted molar refractivity (Wildman–Crippen MR) is 207 cm³/mol. The fourth-order valence-electron chi connectivity index (χ4n) is 7.44. The molecule has 0 bridgehead atoms. The number of fused-ring (bicyclic) bond motifs is 6. The van der Waals surface area contributed by atoms with Gasteiger partial charge in [-0.15, -0.1) is 0 Å². The normalized spacial score (nSPS) is 11.6. The molecule has 0 unspecified atom stereocenters. The van der Waals surface area contributed by atoms with Crippen molar-refractivity contribution >= 4 is 43.6 Å². The summed E-state index contributed by atoms with van der Waals surface area (Å²) in [5.74, 6) is 0. The molecule has 4 heteroatoms. The maximum absolute atomic E-state index is 5.07. The number of rotatable bonds is 5. The number of pyridine rings is 2. The number of aromatic nitrogens is 4. The Hall–Kier alpha value is -6.78. The fraction of sp³-hybridized carbons (Fsp3) is 0. The van der Waals surface area contributed by atoms with E-state index in [4.69, 9.17) is 9.97 Å². The van der Waals surface area contributed by atoms with Gasteiger partial charge in [-0.3, -0.25) is 0 Å². The zero-order valence-corrected chi connectivity index (χ0v) is 27.1. The third-order valence-electron chi connectivity index (χ3n) is 9.76. The summed E-state index contributed by atoms with van der Waals surface area (Å²) in [5.41, 5.74) is 12.7. The van der Waals surface area contributed by atoms with Crippen LogP contribution in [0.4, 0.5) is 0 Å². The Morgan fingerprint density at radius 1 is 0.260 bits per heavy atom. The molecular weight excluding hydrogens is 609 g/mol. The zero-order chi connectivity index (χ0) is 33.0. The van der Waals surface area contributed by atoms with Gasteiger partial charge in [-0.25, -0.2) is 9.97 Å². The highest BCUT2D eigenvalue weighted by molar-refractivity contribution is 6.10. The number of para-hydroxylation sites is 4. The van der Waals surface area contributed by atoms with Crippen LogP contribution in [-0.4, -0.2) is 19.1 Å². The first-order valence-electron chi connectivity index (χ1n) is 16.9. The molecule has 0 N–H and O–H groups in total. The quantitative estimate of drug-likeness (QED) is 0.188. The van der Waals surface area contributed by atoms with Gasteiger partial charge in [0.2, 0.25) is 0 Å². The molecular formula is C46H30N4. The molecule has 0 amide bonds. The van der Waals surface area contributed by atoms with Gasteiger partial charge in [0.15, 0.2) is 0 Å². The van der Waals surface area contributed by atoms with Crippen LogP contribution in [-0.2, 0) is 0 Å². The Balaban J connectivity index is 0.962. The molecule has 0 fully saturated rings. The first-order valence-corrected chi connectivity index (χ1v) is 16.9. The third kappa shape index (κ3) is 4.54. The molecule has 4 aromatic heterocycles. The molecule has 234 valence electrons. The summed E-state index contributed by atoms with van der Waals surface area (Å²) in [6.07, 6.45) is 0. The molecule has 0 aliphatic heterocycles. The van der Waals surface area contributed by atoms with Crippen LogP contribution in [0.2, 0.25) is 0 Å². The highest BCUT2D eigenvalue weighted by atomic mass is 15.0. The lowest BCUT2D eigenvalue weighted by molar-refractivity contribution is 1.18. The second-order valence-corrected chi connectivity index (χ2v) is 12.6. The van der Waals surface area contributed by atoms with E-state index in [9.17, 15) is 0 Å². The molecule has 4 heterocycles. The number of nitrogens with zero attached hydrogens (tertiary/aromatic N) is 4. The monoisotopic (exact) mass is 638 g/mol. The van der Waals surface area contributed by atoms with Crippen molar-refractivity contribution in [3.63, 3.8) is 0 Å². The Morgan fingerprint density at radius 2 is 0.560 bits per heavy atom. The Labute approximate surface area is 289 Å². The van der Waals surface area contributed by atoms with Gasteiger partial charge in [-0.2, -0.15) is 0 Å². The summed E-state index contributed by atoms with van der Waals surface area (Å²) in [4.78, 5) is 10.1. The summed E-state index contributed by atoms with van der Waals surface area (Å²) >= 11 is 0. The summed E-state index contributed by atoms with van der Waals surface area (Å²) in [6, 6.07) is 64.1. The molecule has 0 saturated heterocycles. The number of hydrogen-bond donors (Lipinski definition) is 0. The van der Waals surface area contributed by atoms with Crippen LogP contribution in [0.1, 0.15) is 0 Å². The summed E-state index contributed by atoms with van der Waals surface area (Å²) in [6.45, 7) is 0. The lowest BCUT2D eigenvalue weighted by Crippen LogP contribution is -1.95. The van der Waals surface area contributed by atoms with Gasteiger partial charge in [0.25, 0.3) is 0 Å². The molecule has 10 aromatic rings. The van der Waals surface area contributed by atoms with Crippen molar-refractivity contribution in [2.45, 2.75) is 0 Å². The Bertz CT molecular complexity index is 2550. The minimum atomic E-state index is 0.845. The minimum Gasteiger partial charge on any atom is -0.309 e. The van der Waals surface area contributed by atoms with E-state index in [1.807, 2.05) is 12.1 Å². The van der Waals surface area contributed by atoms with E-state index < -0.39 is 0 Å². The molecule has 4 nitrogen and oxygen atoms in total. The maximum atomic E-state index is 5.07. The Morgan fingerprint density at radius 3 is 0.900 bits per heavy atom. The SMILES string of the molecule is c1cc(-c2ccc(-n3c4ccccc4c4ccccc43)cc2)nc(-c2cccc(-c3ccc(-n4c5ccccc5c5ccccc54)cc3)n2)c1. The summed E-state index contributed by atoms with van der Waals surface area (Å²) in [5, 5.41) is 5.04. The largest absolute Gasteiger partial charge is 0.309 e. The Kier molecular flexibility index (Phi) is 6.46. The van der Waals surface area contributed by atoms with Crippen LogP contribution in [0.5, 0.6) is 0 Å². The van der Waals surface area contributed by atoms with E-state index in [0.717, 1.165) is 45.3 Å². The lowest BCUT2D eigenvalue weighted by atomic mass is 10.1. The highest BCUT2D eigenvalue weighted by Crippen LogP contribution is 2.34. The predicted octanol–water partition coefficient (Wildman–Crippen LogP) is 11.7. The van der Waals surface area contributed by atoms with E-state index >= 15 is 0 Å². The number of benzene rings is 6. The van der Waals surface area contributed by atoms with Crippen molar-refractivity contribution in [2.75, 3.05) is 0 Å². The van der Waals surface area contributed by atoms with E-state index in [1.165, 1.54) is 43.6 Å². The highest BCUT2D eigenvalue weighted by Gasteiger charge is 2.14. The van der Waals surface area contributed by atoms with Crippen molar-refractivity contribution in [3.05, 3.63) is 182 Å². The summed E-state index contributed by atoms with van der Waals surface area (Å²) < 4.78 is 4.67. The van der Waals surface area contributed by atoms with Crippen LogP contribution >= 0.6 is 0 Å². The molecule has 0 saturated carbocycles. The zero-order valence-electron chi connectivity index (χ0n) is 27.1. The van der Waals surface area contributed by atoms with E-state index in [0.29, 0.717) is 0 Å². The van der Waals surface area contributed by atoms with Crippen molar-refractivity contribution in [3.8, 4) is 45.3 Å². The van der Waals surface area contributed by atoms with Gasteiger partial charge < -0.3 is 9.13 Å². The van der Waals surface area contributed by atoms with Gasteiger partial charge in [-0.05, 0) is 72.8 Å². The van der Waals surface area contributed by atoms with Crippen LogP contribution in [0, 0.1) is 0 Å². The maximum Gasteiger partial charge on any atom is 0.0893 e. The van der Waals surface area contributed by atoms with Crippen molar-refractivity contribution in [2.24, 2.45) is 0 Å². The van der Waals surface area contributed by atoms with Crippen molar-refractivity contribution < 1.29 is 0 Å². The first-order chi connectivity index (χ1) is 24.8. The van der Waals surface area contributed by atoms with E-state index in [2.05, 4.69) is 179 Å². The topological polar surface area (TPSA) is 35.6 Å². The van der Waals surface area contributed by atoms with Crippen molar-refractivity contribution in [1.82, 2.24) is 19.1 Å². The summed E-state index contributed by atoms with van der Waals surface area (Å²) in [7, 11) is 0. The van der Waals surface area contributed by atoms with Crippen LogP contribution in [0.25, 0.3) is 88.9 Å². The third-order valence-corrected chi connectivity index (χ3v) is 9.76. The standard InChI is InChI=1S/C46H30N4/c1-5-19-43-35(11-1)36-12-2-6-20-44(36)49(43)33-27-23-31(24-28-33)39-15-9-17-41(47-39)42-18-10-16-40(48-42)32-25-29-34(30-26-32)50-45-21-7-3-13-37(45)38-14-4-8-22-46(38)50/h1-30H.